The lowest BCUT2D eigenvalue weighted by Crippen LogP contribution is -2.40. The summed E-state index contributed by atoms with van der Waals surface area (Å²) in [7, 11) is 0. The number of piperidine rings is 1. The minimum atomic E-state index is 0.00662. The van der Waals surface area contributed by atoms with E-state index < -0.39 is 0 Å². The number of thiophene rings is 1. The minimum absolute atomic E-state index is 0.00662. The number of aromatic nitrogens is 1. The molecule has 1 atom stereocenters. The van der Waals surface area contributed by atoms with E-state index in [0.29, 0.717) is 6.54 Å². The van der Waals surface area contributed by atoms with Crippen molar-refractivity contribution in [3.8, 4) is 0 Å². The highest BCUT2D eigenvalue weighted by atomic mass is 32.1. The first-order valence-corrected chi connectivity index (χ1v) is 8.73. The van der Waals surface area contributed by atoms with E-state index in [0.717, 1.165) is 18.7 Å². The van der Waals surface area contributed by atoms with E-state index in [1.54, 1.807) is 17.5 Å². The highest BCUT2D eigenvalue weighted by Gasteiger charge is 2.23. The zero-order valence-electron chi connectivity index (χ0n) is 12.6. The largest absolute Gasteiger partial charge is 0.350 e. The van der Waals surface area contributed by atoms with Crippen LogP contribution < -0.4 is 5.32 Å². The normalized spacial score (nSPS) is 17.1. The Hall–Kier alpha value is -1.72. The van der Waals surface area contributed by atoms with Gasteiger partial charge in [-0.05, 0) is 49.0 Å². The van der Waals surface area contributed by atoms with Crippen LogP contribution in [0.3, 0.4) is 0 Å². The Morgan fingerprint density at radius 2 is 2.18 bits per heavy atom. The highest BCUT2D eigenvalue weighted by molar-refractivity contribution is 7.08. The predicted molar refractivity (Wildman–Crippen MR) is 89.1 cm³/mol. The number of carbonyl (C=O) groups is 1. The molecule has 1 aliphatic rings. The van der Waals surface area contributed by atoms with Gasteiger partial charge in [0, 0.05) is 29.9 Å². The van der Waals surface area contributed by atoms with Crippen molar-refractivity contribution < 1.29 is 4.79 Å². The molecule has 1 amide bonds. The maximum absolute atomic E-state index is 12.2. The van der Waals surface area contributed by atoms with Gasteiger partial charge in [-0.15, -0.1) is 0 Å². The van der Waals surface area contributed by atoms with Gasteiger partial charge in [-0.3, -0.25) is 14.7 Å². The fourth-order valence-corrected chi connectivity index (χ4v) is 3.58. The van der Waals surface area contributed by atoms with Crippen LogP contribution in [0.2, 0.25) is 0 Å². The molecule has 1 fully saturated rings. The van der Waals surface area contributed by atoms with Gasteiger partial charge in [0.2, 0.25) is 0 Å². The topological polar surface area (TPSA) is 45.2 Å². The number of hydrogen-bond acceptors (Lipinski definition) is 4. The van der Waals surface area contributed by atoms with Gasteiger partial charge in [-0.25, -0.2) is 0 Å². The lowest BCUT2D eigenvalue weighted by Gasteiger charge is -2.34. The van der Waals surface area contributed by atoms with Crippen molar-refractivity contribution in [1.29, 1.82) is 0 Å². The highest BCUT2D eigenvalue weighted by Crippen LogP contribution is 2.23. The van der Waals surface area contributed by atoms with Crippen LogP contribution in [-0.2, 0) is 0 Å². The van der Waals surface area contributed by atoms with Crippen molar-refractivity contribution >= 4 is 17.2 Å². The van der Waals surface area contributed by atoms with Crippen molar-refractivity contribution in [2.24, 2.45) is 0 Å². The van der Waals surface area contributed by atoms with E-state index in [1.165, 1.54) is 24.8 Å². The molecule has 2 aromatic heterocycles. The smallest absolute Gasteiger partial charge is 0.252 e. The Bertz CT molecular complexity index is 579. The molecule has 1 N–H and O–H groups in total. The Labute approximate surface area is 135 Å². The SMILES string of the molecule is O=C(NCC(c1cccnc1)N1CCCCC1)c1ccsc1. The van der Waals surface area contributed by atoms with Crippen molar-refractivity contribution in [2.75, 3.05) is 19.6 Å². The summed E-state index contributed by atoms with van der Waals surface area (Å²) in [6, 6.07) is 6.13. The molecule has 1 aliphatic heterocycles. The number of rotatable bonds is 5. The lowest BCUT2D eigenvalue weighted by atomic mass is 10.0. The third kappa shape index (κ3) is 3.72. The van der Waals surface area contributed by atoms with Crippen LogP contribution in [0.4, 0.5) is 0 Å². The van der Waals surface area contributed by atoms with Crippen molar-refractivity contribution in [1.82, 2.24) is 15.2 Å². The summed E-state index contributed by atoms with van der Waals surface area (Å²) in [5.74, 6) is 0.00662. The Balaban J connectivity index is 1.69. The maximum atomic E-state index is 12.2. The Morgan fingerprint density at radius 3 is 2.86 bits per heavy atom. The monoisotopic (exact) mass is 315 g/mol. The van der Waals surface area contributed by atoms with Crippen LogP contribution in [-0.4, -0.2) is 35.4 Å². The maximum Gasteiger partial charge on any atom is 0.252 e. The molecule has 0 saturated carbocycles. The first kappa shape index (κ1) is 15.2. The minimum Gasteiger partial charge on any atom is -0.350 e. The second-order valence-electron chi connectivity index (χ2n) is 5.62. The van der Waals surface area contributed by atoms with Crippen molar-refractivity contribution in [3.63, 3.8) is 0 Å². The van der Waals surface area contributed by atoms with Crippen LogP contribution in [0.5, 0.6) is 0 Å². The summed E-state index contributed by atoms with van der Waals surface area (Å²) in [6.45, 7) is 2.81. The van der Waals surface area contributed by atoms with E-state index in [9.17, 15) is 4.79 Å². The van der Waals surface area contributed by atoms with Crippen LogP contribution in [0, 0.1) is 0 Å². The van der Waals surface area contributed by atoms with Crippen LogP contribution in [0.1, 0.15) is 41.2 Å². The number of nitrogens with zero attached hydrogens (tertiary/aromatic N) is 2. The second-order valence-corrected chi connectivity index (χ2v) is 6.40. The molecule has 5 heteroatoms. The molecule has 0 radical (unpaired) electrons. The zero-order valence-corrected chi connectivity index (χ0v) is 13.4. The van der Waals surface area contributed by atoms with E-state index in [2.05, 4.69) is 21.3 Å². The van der Waals surface area contributed by atoms with Gasteiger partial charge in [-0.1, -0.05) is 12.5 Å². The van der Waals surface area contributed by atoms with E-state index >= 15 is 0 Å². The van der Waals surface area contributed by atoms with Gasteiger partial charge in [0.1, 0.15) is 0 Å². The van der Waals surface area contributed by atoms with E-state index in [1.807, 2.05) is 29.1 Å². The number of hydrogen-bond donors (Lipinski definition) is 1. The molecule has 4 nitrogen and oxygen atoms in total. The molecule has 2 aromatic rings. The van der Waals surface area contributed by atoms with E-state index in [4.69, 9.17) is 0 Å². The van der Waals surface area contributed by atoms with Gasteiger partial charge < -0.3 is 5.32 Å². The number of amides is 1. The van der Waals surface area contributed by atoms with E-state index in [-0.39, 0.29) is 11.9 Å². The summed E-state index contributed by atoms with van der Waals surface area (Å²) < 4.78 is 0. The standard InChI is InChI=1S/C17H21N3OS/c21-17(15-6-10-22-13-15)19-12-16(14-5-4-7-18-11-14)20-8-2-1-3-9-20/h4-7,10-11,13,16H,1-3,8-9,12H2,(H,19,21). The van der Waals surface area contributed by atoms with Gasteiger partial charge in [0.05, 0.1) is 6.04 Å². The Kier molecular flexibility index (Phi) is 5.19. The lowest BCUT2D eigenvalue weighted by molar-refractivity contribution is 0.0925. The van der Waals surface area contributed by atoms with Gasteiger partial charge in [-0.2, -0.15) is 11.3 Å². The molecule has 0 aliphatic carbocycles. The van der Waals surface area contributed by atoms with Crippen LogP contribution in [0.15, 0.2) is 41.4 Å². The van der Waals surface area contributed by atoms with Crippen molar-refractivity contribution in [2.45, 2.75) is 25.3 Å². The molecule has 1 saturated heterocycles. The molecule has 0 aromatic carbocycles. The first-order valence-electron chi connectivity index (χ1n) is 7.79. The summed E-state index contributed by atoms with van der Waals surface area (Å²) >= 11 is 1.55. The fourth-order valence-electron chi connectivity index (χ4n) is 2.95. The zero-order chi connectivity index (χ0) is 15.2. The summed E-state index contributed by atoms with van der Waals surface area (Å²) in [5.41, 5.74) is 1.92. The van der Waals surface area contributed by atoms with Crippen LogP contribution >= 0.6 is 11.3 Å². The summed E-state index contributed by atoms with van der Waals surface area (Å²) in [6.07, 6.45) is 7.47. The van der Waals surface area contributed by atoms with Gasteiger partial charge >= 0.3 is 0 Å². The number of carbonyl (C=O) groups excluding carboxylic acids is 1. The average Bonchev–Trinajstić information content (AvgIpc) is 3.11. The first-order chi connectivity index (χ1) is 10.8. The van der Waals surface area contributed by atoms with Gasteiger partial charge in [0.15, 0.2) is 0 Å². The molecule has 116 valence electrons. The average molecular weight is 315 g/mol. The third-order valence-electron chi connectivity index (χ3n) is 4.14. The molecular weight excluding hydrogens is 294 g/mol. The number of likely N-dealkylation sites (tertiary alicyclic amines) is 1. The quantitative estimate of drug-likeness (QED) is 0.922. The van der Waals surface area contributed by atoms with Crippen LogP contribution in [0.25, 0.3) is 0 Å². The molecule has 3 heterocycles. The molecule has 0 spiro atoms. The number of nitrogens with one attached hydrogen (secondary N) is 1. The fraction of sp³-hybridized carbons (Fsp3) is 0.412. The predicted octanol–water partition coefficient (Wildman–Crippen LogP) is 3.10. The molecule has 3 rings (SSSR count). The molecule has 22 heavy (non-hydrogen) atoms. The molecular formula is C17H21N3OS. The Morgan fingerprint density at radius 1 is 1.32 bits per heavy atom. The summed E-state index contributed by atoms with van der Waals surface area (Å²) in [4.78, 5) is 18.9. The number of pyridine rings is 1. The van der Waals surface area contributed by atoms with Gasteiger partial charge in [0.25, 0.3) is 5.91 Å². The van der Waals surface area contributed by atoms with Crippen molar-refractivity contribution in [3.05, 3.63) is 52.5 Å². The second kappa shape index (κ2) is 7.51. The molecule has 1 unspecified atom stereocenters. The molecule has 0 bridgehead atoms. The third-order valence-corrected chi connectivity index (χ3v) is 4.82. The summed E-state index contributed by atoms with van der Waals surface area (Å²) in [5, 5.41) is 6.89.